The van der Waals surface area contributed by atoms with Crippen LogP contribution in [0.5, 0.6) is 0 Å². The van der Waals surface area contributed by atoms with Crippen molar-refractivity contribution in [1.82, 2.24) is 19.5 Å². The number of imidazole rings is 1. The van der Waals surface area contributed by atoms with Gasteiger partial charge in [-0.05, 0) is 13.8 Å². The van der Waals surface area contributed by atoms with E-state index in [4.69, 9.17) is 9.47 Å². The molecule has 3 rings (SSSR count). The molecule has 0 bridgehead atoms. The minimum atomic E-state index is -1.12. The van der Waals surface area contributed by atoms with Crippen LogP contribution in [0.3, 0.4) is 0 Å². The monoisotopic (exact) mass is 336 g/mol. The first-order valence-electron chi connectivity index (χ1n) is 7.73. The Kier molecular flexibility index (Phi) is 4.68. The second-order valence-electron chi connectivity index (χ2n) is 6.07. The Morgan fingerprint density at radius 3 is 2.71 bits per heavy atom. The standard InChI is InChI=1S/C15H22N5O4/c1-8(2)19(3)13-10-14(17-6-16-13)20(7-18-10)15-12(22)11(21)9(24-15)5-23-4/h5-9,11-12,15,21-22H,1-4H3/t9-,11-,12-,15-/m1/s1. The van der Waals surface area contributed by atoms with Gasteiger partial charge in [-0.2, -0.15) is 0 Å². The van der Waals surface area contributed by atoms with Crippen molar-refractivity contribution in [2.24, 2.45) is 0 Å². The van der Waals surface area contributed by atoms with Crippen molar-refractivity contribution in [3.63, 3.8) is 0 Å². The summed E-state index contributed by atoms with van der Waals surface area (Å²) in [6.07, 6.45) is -0.773. The zero-order valence-corrected chi connectivity index (χ0v) is 14.1. The lowest BCUT2D eigenvalue weighted by molar-refractivity contribution is -0.0393. The van der Waals surface area contributed by atoms with E-state index in [1.54, 1.807) is 4.57 Å². The number of methoxy groups -OCH3 is 1. The Hall–Kier alpha value is -1.81. The molecule has 0 aromatic carbocycles. The van der Waals surface area contributed by atoms with Gasteiger partial charge in [0.05, 0.1) is 6.33 Å². The highest BCUT2D eigenvalue weighted by Crippen LogP contribution is 2.33. The quantitative estimate of drug-likeness (QED) is 0.792. The Morgan fingerprint density at radius 2 is 2.04 bits per heavy atom. The predicted molar refractivity (Wildman–Crippen MR) is 86.1 cm³/mol. The highest BCUT2D eigenvalue weighted by atomic mass is 16.6. The van der Waals surface area contributed by atoms with Crippen LogP contribution in [0.2, 0.25) is 0 Å². The number of nitrogens with zero attached hydrogens (tertiary/aromatic N) is 5. The van der Waals surface area contributed by atoms with E-state index in [-0.39, 0.29) is 6.04 Å². The van der Waals surface area contributed by atoms with E-state index >= 15 is 0 Å². The fraction of sp³-hybridized carbons (Fsp3) is 0.600. The third-order valence-corrected chi connectivity index (χ3v) is 4.27. The predicted octanol–water partition coefficient (Wildman–Crippen LogP) is 0.0983. The largest absolute Gasteiger partial charge is 0.387 e. The van der Waals surface area contributed by atoms with Crippen LogP contribution >= 0.6 is 0 Å². The SMILES string of the molecule is CO[CH][C@H]1O[C@@H](n2cnc3c(N(C)C(C)C)ncnc32)[C@H](O)[C@@H]1O. The second kappa shape index (κ2) is 6.60. The lowest BCUT2D eigenvalue weighted by atomic mass is 10.1. The van der Waals surface area contributed by atoms with Gasteiger partial charge in [0.25, 0.3) is 0 Å². The summed E-state index contributed by atoms with van der Waals surface area (Å²) in [5, 5.41) is 20.4. The molecule has 9 nitrogen and oxygen atoms in total. The summed E-state index contributed by atoms with van der Waals surface area (Å²) in [4.78, 5) is 14.9. The van der Waals surface area contributed by atoms with Crippen LogP contribution in [-0.4, -0.2) is 68.2 Å². The number of aromatic nitrogens is 4. The van der Waals surface area contributed by atoms with E-state index in [1.165, 1.54) is 26.4 Å². The smallest absolute Gasteiger partial charge is 0.167 e. The topological polar surface area (TPSA) is 106 Å². The fourth-order valence-electron chi connectivity index (χ4n) is 2.69. The molecule has 0 saturated carbocycles. The normalized spacial score (nSPS) is 27.3. The van der Waals surface area contributed by atoms with Gasteiger partial charge in [-0.25, -0.2) is 15.0 Å². The first-order chi connectivity index (χ1) is 11.5. The molecule has 1 fully saturated rings. The van der Waals surface area contributed by atoms with Crippen LogP contribution in [0.1, 0.15) is 20.1 Å². The molecule has 0 amide bonds. The van der Waals surface area contributed by atoms with E-state index < -0.39 is 24.5 Å². The van der Waals surface area contributed by atoms with Crippen molar-refractivity contribution in [2.75, 3.05) is 19.1 Å². The number of ether oxygens (including phenoxy) is 2. The van der Waals surface area contributed by atoms with Gasteiger partial charge in [-0.3, -0.25) is 4.57 Å². The Labute approximate surface area is 139 Å². The Bertz CT molecular complexity index is 706. The van der Waals surface area contributed by atoms with Crippen molar-refractivity contribution in [1.29, 1.82) is 0 Å². The molecular weight excluding hydrogens is 314 g/mol. The van der Waals surface area contributed by atoms with Gasteiger partial charge in [0.2, 0.25) is 0 Å². The van der Waals surface area contributed by atoms with Gasteiger partial charge in [0.15, 0.2) is 23.2 Å². The molecule has 1 aliphatic heterocycles. The second-order valence-corrected chi connectivity index (χ2v) is 6.07. The summed E-state index contributed by atoms with van der Waals surface area (Å²) in [7, 11) is 3.39. The minimum Gasteiger partial charge on any atom is -0.387 e. The highest BCUT2D eigenvalue weighted by Gasteiger charge is 2.44. The molecule has 1 radical (unpaired) electrons. The van der Waals surface area contributed by atoms with Gasteiger partial charge < -0.3 is 24.6 Å². The highest BCUT2D eigenvalue weighted by molar-refractivity contribution is 5.83. The lowest BCUT2D eigenvalue weighted by Gasteiger charge is -2.22. The maximum Gasteiger partial charge on any atom is 0.167 e. The number of hydrogen-bond acceptors (Lipinski definition) is 8. The third-order valence-electron chi connectivity index (χ3n) is 4.27. The first kappa shape index (κ1) is 17.0. The molecule has 24 heavy (non-hydrogen) atoms. The van der Waals surface area contributed by atoms with Crippen LogP contribution < -0.4 is 4.90 Å². The molecule has 1 aliphatic rings. The Morgan fingerprint density at radius 1 is 1.29 bits per heavy atom. The number of aliphatic hydroxyl groups is 2. The summed E-state index contributed by atoms with van der Waals surface area (Å²) < 4.78 is 12.2. The zero-order valence-electron chi connectivity index (χ0n) is 14.1. The molecule has 2 aromatic heterocycles. The van der Waals surface area contributed by atoms with Gasteiger partial charge in [0, 0.05) is 20.2 Å². The van der Waals surface area contributed by atoms with Crippen LogP contribution in [0.4, 0.5) is 5.82 Å². The van der Waals surface area contributed by atoms with Gasteiger partial charge in [0.1, 0.15) is 31.2 Å². The van der Waals surface area contributed by atoms with Crippen LogP contribution in [0.25, 0.3) is 11.2 Å². The van der Waals surface area contributed by atoms with Crippen molar-refractivity contribution in [2.45, 2.75) is 44.4 Å². The number of hydrogen-bond donors (Lipinski definition) is 2. The summed E-state index contributed by atoms with van der Waals surface area (Å²) >= 11 is 0. The molecule has 2 aromatic rings. The molecule has 1 saturated heterocycles. The maximum absolute atomic E-state index is 10.3. The molecule has 2 N–H and O–H groups in total. The molecule has 4 atom stereocenters. The van der Waals surface area contributed by atoms with Gasteiger partial charge in [-0.15, -0.1) is 0 Å². The molecule has 0 aliphatic carbocycles. The maximum atomic E-state index is 10.3. The molecule has 0 spiro atoms. The van der Waals surface area contributed by atoms with Crippen molar-refractivity contribution < 1.29 is 19.7 Å². The Balaban J connectivity index is 1.98. The third kappa shape index (κ3) is 2.73. The fourth-order valence-corrected chi connectivity index (χ4v) is 2.69. The number of aliphatic hydroxyl groups excluding tert-OH is 2. The van der Waals surface area contributed by atoms with E-state index in [0.29, 0.717) is 17.0 Å². The summed E-state index contributed by atoms with van der Waals surface area (Å²) in [6.45, 7) is 5.45. The van der Waals surface area contributed by atoms with E-state index in [1.807, 2.05) is 11.9 Å². The van der Waals surface area contributed by atoms with Crippen LogP contribution in [-0.2, 0) is 9.47 Å². The molecule has 9 heteroatoms. The van der Waals surface area contributed by atoms with Gasteiger partial charge >= 0.3 is 0 Å². The number of rotatable bonds is 5. The van der Waals surface area contributed by atoms with Crippen molar-refractivity contribution >= 4 is 17.0 Å². The summed E-state index contributed by atoms with van der Waals surface area (Å²) in [5.41, 5.74) is 1.14. The van der Waals surface area contributed by atoms with E-state index in [9.17, 15) is 10.2 Å². The number of fused-ring (bicyclic) bond motifs is 1. The first-order valence-corrected chi connectivity index (χ1v) is 7.73. The van der Waals surface area contributed by atoms with Crippen molar-refractivity contribution in [3.8, 4) is 0 Å². The molecular formula is C15H22N5O4. The van der Waals surface area contributed by atoms with Crippen LogP contribution in [0, 0.1) is 6.61 Å². The lowest BCUT2D eigenvalue weighted by Crippen LogP contribution is -2.32. The molecule has 3 heterocycles. The van der Waals surface area contributed by atoms with Gasteiger partial charge in [-0.1, -0.05) is 0 Å². The van der Waals surface area contributed by atoms with Crippen molar-refractivity contribution in [3.05, 3.63) is 19.3 Å². The van der Waals surface area contributed by atoms with E-state index in [0.717, 1.165) is 0 Å². The average molecular weight is 336 g/mol. The zero-order chi connectivity index (χ0) is 17.4. The molecule has 131 valence electrons. The average Bonchev–Trinajstić information content (AvgIpc) is 3.10. The summed E-state index contributed by atoms with van der Waals surface area (Å²) in [6, 6.07) is 0.240. The molecule has 0 unspecified atom stereocenters. The van der Waals surface area contributed by atoms with Crippen LogP contribution in [0.15, 0.2) is 12.7 Å². The van der Waals surface area contributed by atoms with E-state index in [2.05, 4.69) is 28.8 Å². The minimum absolute atomic E-state index is 0.240. The number of anilines is 1. The summed E-state index contributed by atoms with van der Waals surface area (Å²) in [5.74, 6) is 0.696.